The highest BCUT2D eigenvalue weighted by Crippen LogP contribution is 2.42. The van der Waals surface area contributed by atoms with Crippen LogP contribution in [-0.4, -0.2) is 66.4 Å². The van der Waals surface area contributed by atoms with E-state index in [1.807, 2.05) is 17.0 Å². The first-order valence-corrected chi connectivity index (χ1v) is 16.7. The molecule has 8 heteroatoms. The minimum absolute atomic E-state index is 0.0122. The van der Waals surface area contributed by atoms with E-state index in [0.717, 1.165) is 81.3 Å². The van der Waals surface area contributed by atoms with Crippen LogP contribution in [0.15, 0.2) is 36.4 Å². The molecule has 1 N–H and O–H groups in total. The summed E-state index contributed by atoms with van der Waals surface area (Å²) in [5.41, 5.74) is 3.33. The molecule has 5 rings (SSSR count). The maximum Gasteiger partial charge on any atom is 0.308 e. The topological polar surface area (TPSA) is 79.3 Å². The summed E-state index contributed by atoms with van der Waals surface area (Å²) in [7, 11) is 0. The first-order valence-electron chi connectivity index (χ1n) is 16.7. The van der Waals surface area contributed by atoms with Gasteiger partial charge in [0, 0.05) is 43.3 Å². The van der Waals surface area contributed by atoms with Crippen LogP contribution < -0.4 is 9.64 Å². The standard InChI is InChI=1S/C36H49FN2O5/c1-4-8-27(9-5-2)39(28-12-14-31(37)24(3)20-28)34(40)23-38-22-30(25-11-16-33-26(21-25)17-19-44-33)35(36(41)42)32(38)15-13-29-10-6-7-18-43-29/h11-12,14,16,20-21,27,29-30,32,35H,4-10,13,15,17-19,22-23H2,1-3H3,(H,41,42). The Morgan fingerprint density at radius 1 is 1.07 bits per heavy atom. The van der Waals surface area contributed by atoms with Gasteiger partial charge in [-0.1, -0.05) is 38.8 Å². The number of amides is 1. The molecule has 240 valence electrons. The number of hydrogen-bond acceptors (Lipinski definition) is 5. The molecule has 0 bridgehead atoms. The fraction of sp³-hybridized carbons (Fsp3) is 0.611. The Balaban J connectivity index is 1.46. The minimum Gasteiger partial charge on any atom is -0.493 e. The number of fused-ring (bicyclic) bond motifs is 1. The van der Waals surface area contributed by atoms with Gasteiger partial charge in [0.25, 0.3) is 0 Å². The molecule has 2 fully saturated rings. The normalized spacial score (nSPS) is 23.5. The molecule has 1 amide bonds. The molecule has 0 spiro atoms. The second-order valence-electron chi connectivity index (χ2n) is 12.9. The minimum atomic E-state index is -0.822. The number of ether oxygens (including phenoxy) is 2. The first-order chi connectivity index (χ1) is 21.3. The number of aliphatic carboxylic acids is 1. The van der Waals surface area contributed by atoms with E-state index in [9.17, 15) is 19.1 Å². The molecule has 0 aromatic heterocycles. The summed E-state index contributed by atoms with van der Waals surface area (Å²) >= 11 is 0. The monoisotopic (exact) mass is 608 g/mol. The number of hydrogen-bond donors (Lipinski definition) is 1. The number of rotatable bonds is 13. The van der Waals surface area contributed by atoms with Crippen LogP contribution in [-0.2, 0) is 20.7 Å². The van der Waals surface area contributed by atoms with Crippen molar-refractivity contribution in [2.45, 2.75) is 109 Å². The predicted molar refractivity (Wildman–Crippen MR) is 170 cm³/mol. The van der Waals surface area contributed by atoms with Crippen molar-refractivity contribution >= 4 is 17.6 Å². The van der Waals surface area contributed by atoms with Gasteiger partial charge in [0.1, 0.15) is 11.6 Å². The lowest BCUT2D eigenvalue weighted by Crippen LogP contribution is -2.48. The summed E-state index contributed by atoms with van der Waals surface area (Å²) in [5.74, 6) is -1.19. The number of carbonyl (C=O) groups is 2. The van der Waals surface area contributed by atoms with Crippen molar-refractivity contribution in [1.29, 1.82) is 0 Å². The molecule has 0 saturated carbocycles. The maximum atomic E-state index is 14.4. The number of carboxylic acids is 1. The van der Waals surface area contributed by atoms with Gasteiger partial charge in [-0.2, -0.15) is 0 Å². The van der Waals surface area contributed by atoms with Crippen molar-refractivity contribution < 1.29 is 28.6 Å². The molecule has 3 aliphatic heterocycles. The van der Waals surface area contributed by atoms with E-state index in [4.69, 9.17) is 9.47 Å². The smallest absolute Gasteiger partial charge is 0.308 e. The number of carbonyl (C=O) groups excluding carboxylic acids is 1. The Labute approximate surface area is 261 Å². The Morgan fingerprint density at radius 2 is 1.86 bits per heavy atom. The highest BCUT2D eigenvalue weighted by atomic mass is 19.1. The number of benzene rings is 2. The molecule has 2 saturated heterocycles. The Morgan fingerprint density at radius 3 is 2.55 bits per heavy atom. The Hall–Kier alpha value is -2.97. The van der Waals surface area contributed by atoms with E-state index in [0.29, 0.717) is 30.8 Å². The van der Waals surface area contributed by atoms with Crippen molar-refractivity contribution in [2.75, 3.05) is 31.2 Å². The zero-order valence-electron chi connectivity index (χ0n) is 26.6. The molecule has 0 radical (unpaired) electrons. The molecule has 44 heavy (non-hydrogen) atoms. The maximum absolute atomic E-state index is 14.4. The molecule has 2 aromatic carbocycles. The summed E-state index contributed by atoms with van der Waals surface area (Å²) in [6.45, 7) is 7.97. The van der Waals surface area contributed by atoms with Gasteiger partial charge in [0.2, 0.25) is 5.91 Å². The van der Waals surface area contributed by atoms with Crippen molar-refractivity contribution in [3.63, 3.8) is 0 Å². The molecule has 2 aromatic rings. The number of nitrogens with zero attached hydrogens (tertiary/aromatic N) is 2. The van der Waals surface area contributed by atoms with Crippen LogP contribution in [0.25, 0.3) is 0 Å². The molecule has 7 nitrogen and oxygen atoms in total. The van der Waals surface area contributed by atoms with Crippen molar-refractivity contribution in [3.05, 3.63) is 58.9 Å². The fourth-order valence-corrected chi connectivity index (χ4v) is 7.68. The van der Waals surface area contributed by atoms with Gasteiger partial charge < -0.3 is 19.5 Å². The molecule has 3 heterocycles. The highest BCUT2D eigenvalue weighted by molar-refractivity contribution is 5.95. The van der Waals surface area contributed by atoms with Gasteiger partial charge in [-0.05, 0) is 92.8 Å². The van der Waals surface area contributed by atoms with E-state index in [2.05, 4.69) is 24.8 Å². The average Bonchev–Trinajstić information content (AvgIpc) is 3.63. The molecular weight excluding hydrogens is 559 g/mol. The SMILES string of the molecule is CCCC(CCC)N(C(=O)CN1CC(c2ccc3c(c2)CCO3)C(C(=O)O)C1CCC1CCCCO1)c1ccc(F)c(C)c1. The zero-order valence-corrected chi connectivity index (χ0v) is 26.6. The van der Waals surface area contributed by atoms with Gasteiger partial charge in [-0.3, -0.25) is 14.5 Å². The van der Waals surface area contributed by atoms with Crippen LogP contribution in [0, 0.1) is 18.7 Å². The first kappa shape index (κ1) is 32.4. The zero-order chi connectivity index (χ0) is 31.2. The van der Waals surface area contributed by atoms with Gasteiger partial charge >= 0.3 is 5.97 Å². The van der Waals surface area contributed by atoms with Crippen molar-refractivity contribution in [3.8, 4) is 5.75 Å². The average molecular weight is 609 g/mol. The van der Waals surface area contributed by atoms with Gasteiger partial charge in [0.15, 0.2) is 0 Å². The van der Waals surface area contributed by atoms with E-state index in [1.165, 1.54) is 6.07 Å². The summed E-state index contributed by atoms with van der Waals surface area (Å²) < 4.78 is 26.0. The van der Waals surface area contributed by atoms with Crippen LogP contribution in [0.4, 0.5) is 10.1 Å². The van der Waals surface area contributed by atoms with Gasteiger partial charge in [-0.25, -0.2) is 4.39 Å². The van der Waals surface area contributed by atoms with Crippen LogP contribution in [0.1, 0.15) is 94.2 Å². The summed E-state index contributed by atoms with van der Waals surface area (Å²) in [4.78, 5) is 31.4. The molecule has 0 aliphatic carbocycles. The van der Waals surface area contributed by atoms with Gasteiger partial charge in [-0.15, -0.1) is 0 Å². The molecule has 4 atom stereocenters. The molecule has 4 unspecified atom stereocenters. The quantitative estimate of drug-likeness (QED) is 0.267. The number of likely N-dealkylation sites (tertiary alicyclic amines) is 1. The number of aryl methyl sites for hydroxylation is 1. The van der Waals surface area contributed by atoms with Crippen molar-refractivity contribution in [1.82, 2.24) is 4.90 Å². The largest absolute Gasteiger partial charge is 0.493 e. The third kappa shape index (κ3) is 7.28. The number of anilines is 1. The van der Waals surface area contributed by atoms with E-state index in [1.54, 1.807) is 19.1 Å². The molecule has 3 aliphatic rings. The third-order valence-electron chi connectivity index (χ3n) is 9.87. The van der Waals surface area contributed by atoms with Crippen LogP contribution in [0.3, 0.4) is 0 Å². The fourth-order valence-electron chi connectivity index (χ4n) is 7.68. The molecular formula is C36H49FN2O5. The van der Waals surface area contributed by atoms with E-state index < -0.39 is 11.9 Å². The summed E-state index contributed by atoms with van der Waals surface area (Å²) in [6, 6.07) is 10.7. The summed E-state index contributed by atoms with van der Waals surface area (Å²) in [5, 5.41) is 10.7. The summed E-state index contributed by atoms with van der Waals surface area (Å²) in [6.07, 6.45) is 9.10. The highest BCUT2D eigenvalue weighted by Gasteiger charge is 2.47. The third-order valence-corrected chi connectivity index (χ3v) is 9.87. The van der Waals surface area contributed by atoms with Gasteiger partial charge in [0.05, 0.1) is 25.2 Å². The van der Waals surface area contributed by atoms with Crippen molar-refractivity contribution in [2.24, 2.45) is 5.92 Å². The Kier molecular flexibility index (Phi) is 11.0. The Bertz CT molecular complexity index is 1290. The predicted octanol–water partition coefficient (Wildman–Crippen LogP) is 6.89. The van der Waals surface area contributed by atoms with E-state index in [-0.39, 0.29) is 42.4 Å². The van der Waals surface area contributed by atoms with Crippen LogP contribution in [0.5, 0.6) is 5.75 Å². The lowest BCUT2D eigenvalue weighted by molar-refractivity contribution is -0.143. The van der Waals surface area contributed by atoms with Crippen LogP contribution >= 0.6 is 0 Å². The second-order valence-corrected chi connectivity index (χ2v) is 12.9. The number of carboxylic acid groups (broad SMARTS) is 1. The second kappa shape index (κ2) is 14.9. The lowest BCUT2D eigenvalue weighted by Gasteiger charge is -2.35. The lowest BCUT2D eigenvalue weighted by atomic mass is 9.82. The van der Waals surface area contributed by atoms with Crippen LogP contribution in [0.2, 0.25) is 0 Å². The van der Waals surface area contributed by atoms with E-state index >= 15 is 0 Å². The number of halogens is 1.